The molecular weight excluding hydrogens is 325 g/mol. The quantitative estimate of drug-likeness (QED) is 0.591. The van der Waals surface area contributed by atoms with Crippen molar-refractivity contribution in [2.75, 3.05) is 0 Å². The monoisotopic (exact) mass is 339 g/mol. The van der Waals surface area contributed by atoms with E-state index in [1.54, 1.807) is 0 Å². The van der Waals surface area contributed by atoms with Crippen LogP contribution in [-0.4, -0.2) is 4.98 Å². The minimum Gasteiger partial charge on any atom is -1.00 e. The summed E-state index contributed by atoms with van der Waals surface area (Å²) in [6, 6.07) is 10.8. The predicted octanol–water partition coefficient (Wildman–Crippen LogP) is -2.33. The number of rotatable bonds is 2. The Hall–Kier alpha value is -0.726. The number of aromatic amines is 1. The van der Waals surface area contributed by atoms with Crippen LogP contribution in [0, 0.1) is 0 Å². The Labute approximate surface area is 141 Å². The van der Waals surface area contributed by atoms with Crippen LogP contribution in [0.25, 0.3) is 10.9 Å². The van der Waals surface area contributed by atoms with Crippen molar-refractivity contribution in [1.82, 2.24) is 4.98 Å². The van der Waals surface area contributed by atoms with Crippen LogP contribution in [0.5, 0.6) is 0 Å². The largest absolute Gasteiger partial charge is 1.00 e. The average molecular weight is 340 g/mol. The summed E-state index contributed by atoms with van der Waals surface area (Å²) in [5.41, 5.74) is 4.10. The number of hydrogen-bond acceptors (Lipinski definition) is 0. The van der Waals surface area contributed by atoms with Crippen LogP contribution in [0.15, 0.2) is 63.6 Å². The number of allylic oxidation sites excluding steroid dienone is 6. The Bertz CT molecular complexity index is 658. The van der Waals surface area contributed by atoms with Crippen molar-refractivity contribution in [3.8, 4) is 0 Å². The summed E-state index contributed by atoms with van der Waals surface area (Å²) in [6.45, 7) is 4.38. The van der Waals surface area contributed by atoms with E-state index in [-0.39, 0.29) is 44.0 Å². The molecule has 1 nitrogen and oxygen atoms in total. The van der Waals surface area contributed by atoms with E-state index in [2.05, 4.69) is 67.4 Å². The van der Waals surface area contributed by atoms with Gasteiger partial charge >= 0.3 is 116 Å². The Morgan fingerprint density at radius 3 is 2.55 bits per heavy atom. The van der Waals surface area contributed by atoms with E-state index in [1.807, 2.05) is 0 Å². The Kier molecular flexibility index (Phi) is 6.35. The molecule has 1 N–H and O–H groups in total. The summed E-state index contributed by atoms with van der Waals surface area (Å²) in [4.78, 5) is 3.55. The van der Waals surface area contributed by atoms with E-state index in [0.717, 1.165) is 0 Å². The van der Waals surface area contributed by atoms with Gasteiger partial charge in [-0.15, -0.1) is 0 Å². The standard InChI is InChI=1S/C8H6N.C8H9.2ClH.Ti/c1-2-4-8-7(3-1)5-6-9-8;1-7(2)8-5-3-4-6-8;;;/h1-5,9H;3-5H,1-2H3;2*1H;/q;;;;+2/p-2. The fourth-order valence-corrected chi connectivity index (χ4v) is 4.38. The molecule has 0 aliphatic heterocycles. The van der Waals surface area contributed by atoms with Crippen LogP contribution in [0.2, 0.25) is 0 Å². The molecule has 3 rings (SSSR count). The smallest absolute Gasteiger partial charge is 1.00 e. The van der Waals surface area contributed by atoms with Gasteiger partial charge in [0, 0.05) is 0 Å². The summed E-state index contributed by atoms with van der Waals surface area (Å²) < 4.78 is 2.94. The molecule has 2 aromatic rings. The Balaban J connectivity index is 0.000001000. The molecule has 4 heteroatoms. The fourth-order valence-electron chi connectivity index (χ4n) is 2.25. The van der Waals surface area contributed by atoms with Crippen molar-refractivity contribution in [3.05, 3.63) is 63.6 Å². The van der Waals surface area contributed by atoms with Gasteiger partial charge in [-0.05, 0) is 0 Å². The molecule has 20 heavy (non-hydrogen) atoms. The maximum absolute atomic E-state index is 3.55. The maximum atomic E-state index is 3.55. The number of para-hydroxylation sites is 1. The molecule has 0 atom stereocenters. The molecule has 0 saturated carbocycles. The summed E-state index contributed by atoms with van der Waals surface area (Å²) in [5.74, 6) is 0. The van der Waals surface area contributed by atoms with Gasteiger partial charge in [-0.2, -0.15) is 0 Å². The van der Waals surface area contributed by atoms with Crippen molar-refractivity contribution in [2.45, 2.75) is 13.8 Å². The summed E-state index contributed by atoms with van der Waals surface area (Å²) in [5, 5.41) is 1.32. The molecule has 0 unspecified atom stereocenters. The molecule has 1 aliphatic rings. The van der Waals surface area contributed by atoms with Crippen LogP contribution in [0.4, 0.5) is 0 Å². The SMILES string of the molecule is CC(C)=C1C=CC=[C]1[Ti+2][c]1cc2ccccc2[nH]1.[Cl-].[Cl-]. The maximum Gasteiger partial charge on any atom is -1.00 e. The average Bonchev–Trinajstić information content (AvgIpc) is 2.94. The molecule has 102 valence electrons. The second kappa shape index (κ2) is 7.33. The van der Waals surface area contributed by atoms with Crippen LogP contribution in [0.1, 0.15) is 13.8 Å². The van der Waals surface area contributed by atoms with Crippen molar-refractivity contribution in [3.63, 3.8) is 0 Å². The molecule has 0 bridgehead atoms. The second-order valence-corrected chi connectivity index (χ2v) is 6.82. The molecule has 1 aromatic heterocycles. The first-order valence-electron chi connectivity index (χ1n) is 6.15. The Morgan fingerprint density at radius 1 is 1.10 bits per heavy atom. The zero-order valence-corrected chi connectivity index (χ0v) is 14.4. The molecule has 0 radical (unpaired) electrons. The minimum absolute atomic E-state index is 0. The van der Waals surface area contributed by atoms with Crippen molar-refractivity contribution in [2.24, 2.45) is 0 Å². The summed E-state index contributed by atoms with van der Waals surface area (Å²) >= 11 is -0.262. The molecule has 0 amide bonds. The summed E-state index contributed by atoms with van der Waals surface area (Å²) in [7, 11) is 0. The molecule has 1 aliphatic carbocycles. The number of hydrogen-bond donors (Lipinski definition) is 1. The number of benzene rings is 1. The zero-order valence-electron chi connectivity index (χ0n) is 11.4. The first-order chi connectivity index (χ1) is 8.74. The molecule has 1 heterocycles. The van der Waals surface area contributed by atoms with Crippen molar-refractivity contribution >= 4 is 14.9 Å². The van der Waals surface area contributed by atoms with Crippen LogP contribution < -0.4 is 28.8 Å². The van der Waals surface area contributed by atoms with E-state index in [0.29, 0.717) is 0 Å². The predicted molar refractivity (Wildman–Crippen MR) is 73.5 cm³/mol. The molecule has 0 saturated heterocycles. The first kappa shape index (κ1) is 17.3. The van der Waals surface area contributed by atoms with Crippen LogP contribution in [-0.2, 0) is 19.2 Å². The minimum atomic E-state index is -0.262. The number of fused-ring (bicyclic) bond motifs is 1. The third-order valence-electron chi connectivity index (χ3n) is 3.15. The van der Waals surface area contributed by atoms with Crippen LogP contribution >= 0.6 is 0 Å². The van der Waals surface area contributed by atoms with Gasteiger partial charge in [0.15, 0.2) is 0 Å². The van der Waals surface area contributed by atoms with Crippen molar-refractivity contribution in [1.29, 1.82) is 0 Å². The Morgan fingerprint density at radius 2 is 1.85 bits per heavy atom. The molecular formula is C16H15Cl2NTi. The van der Waals surface area contributed by atoms with Gasteiger partial charge in [0.2, 0.25) is 0 Å². The molecule has 0 fully saturated rings. The fraction of sp³-hybridized carbons (Fsp3) is 0.125. The van der Waals surface area contributed by atoms with Gasteiger partial charge in [0.1, 0.15) is 0 Å². The van der Waals surface area contributed by atoms with Gasteiger partial charge in [0.05, 0.1) is 0 Å². The molecule has 1 aromatic carbocycles. The normalized spacial score (nSPS) is 12.5. The van der Waals surface area contributed by atoms with E-state index in [9.17, 15) is 0 Å². The zero-order chi connectivity index (χ0) is 12.5. The van der Waals surface area contributed by atoms with E-state index in [4.69, 9.17) is 0 Å². The first-order valence-corrected chi connectivity index (χ1v) is 7.71. The third-order valence-corrected chi connectivity index (χ3v) is 5.10. The molecule has 0 spiro atoms. The van der Waals surface area contributed by atoms with Gasteiger partial charge in [-0.3, -0.25) is 0 Å². The van der Waals surface area contributed by atoms with Crippen molar-refractivity contribution < 1.29 is 44.0 Å². The van der Waals surface area contributed by atoms with Crippen LogP contribution in [0.3, 0.4) is 0 Å². The number of nitrogens with one attached hydrogen (secondary N) is 1. The second-order valence-electron chi connectivity index (χ2n) is 4.75. The van der Waals surface area contributed by atoms with E-state index < -0.39 is 0 Å². The van der Waals surface area contributed by atoms with Gasteiger partial charge in [0.25, 0.3) is 0 Å². The number of halogens is 2. The number of H-pyrrole nitrogens is 1. The van der Waals surface area contributed by atoms with E-state index in [1.165, 1.54) is 29.9 Å². The topological polar surface area (TPSA) is 15.8 Å². The van der Waals surface area contributed by atoms with Gasteiger partial charge < -0.3 is 24.8 Å². The summed E-state index contributed by atoms with van der Waals surface area (Å²) in [6.07, 6.45) is 6.68. The number of aromatic nitrogens is 1. The van der Waals surface area contributed by atoms with E-state index >= 15 is 0 Å². The van der Waals surface area contributed by atoms with Gasteiger partial charge in [-0.25, -0.2) is 0 Å². The third kappa shape index (κ3) is 3.48. The van der Waals surface area contributed by atoms with Gasteiger partial charge in [-0.1, -0.05) is 0 Å².